The fourth-order valence-electron chi connectivity index (χ4n) is 1.58. The number of hydrogen-bond donors (Lipinski definition) is 1. The maximum Gasteiger partial charge on any atom is 0.416 e. The average molecular weight is 245 g/mol. The van der Waals surface area contributed by atoms with Crippen LogP contribution in [-0.2, 0) is 17.4 Å². The quantitative estimate of drug-likeness (QED) is 0.871. The van der Waals surface area contributed by atoms with Gasteiger partial charge in [0.25, 0.3) is 0 Å². The zero-order chi connectivity index (χ0) is 13.1. The number of benzene rings is 1. The molecule has 2 nitrogen and oxygen atoms in total. The fourth-order valence-corrected chi connectivity index (χ4v) is 1.58. The van der Waals surface area contributed by atoms with Gasteiger partial charge in [-0.2, -0.15) is 13.2 Å². The Morgan fingerprint density at radius 1 is 1.29 bits per heavy atom. The van der Waals surface area contributed by atoms with Crippen LogP contribution in [0.3, 0.4) is 0 Å². The summed E-state index contributed by atoms with van der Waals surface area (Å²) in [5, 5.41) is 2.67. The van der Waals surface area contributed by atoms with Crippen LogP contribution < -0.4 is 5.32 Å². The molecule has 0 aromatic heterocycles. The van der Waals surface area contributed by atoms with E-state index >= 15 is 0 Å². The lowest BCUT2D eigenvalue weighted by molar-refractivity contribution is -0.137. The van der Waals surface area contributed by atoms with Crippen molar-refractivity contribution in [1.29, 1.82) is 0 Å². The molecule has 1 aromatic rings. The van der Waals surface area contributed by atoms with Crippen LogP contribution in [0.2, 0.25) is 0 Å². The molecule has 0 spiro atoms. The Kier molecular flexibility index (Phi) is 4.15. The zero-order valence-corrected chi connectivity index (χ0v) is 9.64. The van der Waals surface area contributed by atoms with Gasteiger partial charge in [-0.1, -0.05) is 12.1 Å². The molecule has 0 bridgehead atoms. The van der Waals surface area contributed by atoms with Crippen LogP contribution in [0.1, 0.15) is 25.0 Å². The highest BCUT2D eigenvalue weighted by Crippen LogP contribution is 2.29. The molecule has 5 heteroatoms. The summed E-state index contributed by atoms with van der Waals surface area (Å²) < 4.78 is 36.9. The zero-order valence-electron chi connectivity index (χ0n) is 9.64. The van der Waals surface area contributed by atoms with Crippen LogP contribution in [0.25, 0.3) is 0 Å². The number of carbonyl (C=O) groups is 1. The van der Waals surface area contributed by atoms with Crippen molar-refractivity contribution < 1.29 is 18.0 Å². The highest BCUT2D eigenvalue weighted by molar-refractivity contribution is 5.73. The molecule has 1 N–H and O–H groups in total. The maximum atomic E-state index is 12.3. The van der Waals surface area contributed by atoms with Crippen LogP contribution in [0.5, 0.6) is 0 Å². The Balaban J connectivity index is 2.66. The first kappa shape index (κ1) is 13.5. The number of nitrogens with one attached hydrogen (secondary N) is 1. The van der Waals surface area contributed by atoms with Crippen LogP contribution >= 0.6 is 0 Å². The smallest absolute Gasteiger partial charge is 0.354 e. The van der Waals surface area contributed by atoms with E-state index in [0.717, 1.165) is 17.7 Å². The molecule has 0 heterocycles. The molecule has 1 aromatic carbocycles. The van der Waals surface area contributed by atoms with Gasteiger partial charge in [0.1, 0.15) is 0 Å². The molecule has 0 saturated carbocycles. The van der Waals surface area contributed by atoms with E-state index in [-0.39, 0.29) is 11.9 Å². The summed E-state index contributed by atoms with van der Waals surface area (Å²) in [4.78, 5) is 10.8. The number of hydrogen-bond acceptors (Lipinski definition) is 1. The van der Waals surface area contributed by atoms with Crippen molar-refractivity contribution in [2.75, 3.05) is 0 Å². The molecule has 1 amide bonds. The summed E-state index contributed by atoms with van der Waals surface area (Å²) in [6, 6.07) is 4.87. The van der Waals surface area contributed by atoms with Gasteiger partial charge in [0.15, 0.2) is 0 Å². The number of halogens is 3. The van der Waals surface area contributed by atoms with Crippen LogP contribution in [0, 0.1) is 0 Å². The highest BCUT2D eigenvalue weighted by atomic mass is 19.4. The average Bonchev–Trinajstić information content (AvgIpc) is 2.15. The van der Waals surface area contributed by atoms with Gasteiger partial charge in [-0.15, -0.1) is 0 Å². The molecule has 1 rings (SSSR count). The van der Waals surface area contributed by atoms with Gasteiger partial charge in [0.2, 0.25) is 5.91 Å². The summed E-state index contributed by atoms with van der Waals surface area (Å²) in [7, 11) is 0. The van der Waals surface area contributed by atoms with E-state index in [1.807, 2.05) is 0 Å². The third-order valence-corrected chi connectivity index (χ3v) is 2.27. The summed E-state index contributed by atoms with van der Waals surface area (Å²) in [5.74, 6) is -0.149. The van der Waals surface area contributed by atoms with E-state index in [0.29, 0.717) is 6.42 Å². The minimum atomic E-state index is -4.30. The molecule has 1 atom stereocenters. The Morgan fingerprint density at radius 2 is 1.82 bits per heavy atom. The van der Waals surface area contributed by atoms with Crippen molar-refractivity contribution in [3.63, 3.8) is 0 Å². The van der Waals surface area contributed by atoms with E-state index in [4.69, 9.17) is 0 Å². The first-order valence-electron chi connectivity index (χ1n) is 5.22. The van der Waals surface area contributed by atoms with Gasteiger partial charge in [-0.25, -0.2) is 0 Å². The summed E-state index contributed by atoms with van der Waals surface area (Å²) in [5.41, 5.74) is 0.104. The standard InChI is InChI=1S/C12H14F3NO/c1-8(16-9(2)17)7-10-3-5-11(6-4-10)12(13,14)15/h3-6,8H,7H2,1-2H3,(H,16,17). The molecule has 94 valence electrons. The number of alkyl halides is 3. The molecular weight excluding hydrogens is 231 g/mol. The number of amides is 1. The van der Waals surface area contributed by atoms with Crippen LogP contribution in [-0.4, -0.2) is 11.9 Å². The van der Waals surface area contributed by atoms with E-state index in [1.165, 1.54) is 19.1 Å². The molecule has 0 aliphatic carbocycles. The maximum absolute atomic E-state index is 12.3. The Hall–Kier alpha value is -1.52. The lowest BCUT2D eigenvalue weighted by Gasteiger charge is -2.13. The first-order valence-corrected chi connectivity index (χ1v) is 5.22. The Morgan fingerprint density at radius 3 is 2.24 bits per heavy atom. The molecule has 0 aliphatic rings. The summed E-state index contributed by atoms with van der Waals surface area (Å²) in [6.07, 6.45) is -3.79. The number of rotatable bonds is 3. The van der Waals surface area contributed by atoms with Crippen molar-refractivity contribution in [2.24, 2.45) is 0 Å². The molecule has 17 heavy (non-hydrogen) atoms. The molecule has 1 unspecified atom stereocenters. The van der Waals surface area contributed by atoms with Crippen molar-refractivity contribution in [2.45, 2.75) is 32.5 Å². The molecule has 0 saturated heterocycles. The van der Waals surface area contributed by atoms with Gasteiger partial charge in [-0.3, -0.25) is 4.79 Å². The molecule has 0 radical (unpaired) electrons. The van der Waals surface area contributed by atoms with Gasteiger partial charge in [0, 0.05) is 13.0 Å². The van der Waals surface area contributed by atoms with E-state index in [9.17, 15) is 18.0 Å². The van der Waals surface area contributed by atoms with E-state index in [1.54, 1.807) is 6.92 Å². The summed E-state index contributed by atoms with van der Waals surface area (Å²) in [6.45, 7) is 3.21. The van der Waals surface area contributed by atoms with Crippen molar-refractivity contribution in [1.82, 2.24) is 5.32 Å². The fraction of sp³-hybridized carbons (Fsp3) is 0.417. The topological polar surface area (TPSA) is 29.1 Å². The monoisotopic (exact) mass is 245 g/mol. The first-order chi connectivity index (χ1) is 7.79. The predicted octanol–water partition coefficient (Wildman–Crippen LogP) is 2.77. The number of carbonyl (C=O) groups excluding carboxylic acids is 1. The van der Waals surface area contributed by atoms with E-state index < -0.39 is 11.7 Å². The largest absolute Gasteiger partial charge is 0.416 e. The lowest BCUT2D eigenvalue weighted by atomic mass is 10.0. The van der Waals surface area contributed by atoms with Crippen molar-refractivity contribution in [3.8, 4) is 0 Å². The predicted molar refractivity (Wildman–Crippen MR) is 58.4 cm³/mol. The minimum Gasteiger partial charge on any atom is -0.354 e. The van der Waals surface area contributed by atoms with E-state index in [2.05, 4.69) is 5.32 Å². The SMILES string of the molecule is CC(=O)NC(C)Cc1ccc(C(F)(F)F)cc1. The second-order valence-corrected chi connectivity index (χ2v) is 4.00. The van der Waals surface area contributed by atoms with Gasteiger partial charge >= 0.3 is 6.18 Å². The highest BCUT2D eigenvalue weighted by Gasteiger charge is 2.29. The van der Waals surface area contributed by atoms with Crippen molar-refractivity contribution >= 4 is 5.91 Å². The van der Waals surface area contributed by atoms with Gasteiger partial charge in [-0.05, 0) is 31.0 Å². The molecular formula is C12H14F3NO. The summed E-state index contributed by atoms with van der Waals surface area (Å²) >= 11 is 0. The minimum absolute atomic E-state index is 0.0933. The Bertz CT molecular complexity index is 384. The van der Waals surface area contributed by atoms with Crippen molar-refractivity contribution in [3.05, 3.63) is 35.4 Å². The van der Waals surface area contributed by atoms with Crippen LogP contribution in [0.15, 0.2) is 24.3 Å². The van der Waals surface area contributed by atoms with Gasteiger partial charge in [0.05, 0.1) is 5.56 Å². The third-order valence-electron chi connectivity index (χ3n) is 2.27. The van der Waals surface area contributed by atoms with Gasteiger partial charge < -0.3 is 5.32 Å². The molecule has 0 aliphatic heterocycles. The lowest BCUT2D eigenvalue weighted by Crippen LogP contribution is -2.32. The molecule has 0 fully saturated rings. The van der Waals surface area contributed by atoms with Crippen LogP contribution in [0.4, 0.5) is 13.2 Å². The second-order valence-electron chi connectivity index (χ2n) is 4.00. The Labute approximate surface area is 97.8 Å². The normalized spacial score (nSPS) is 13.2. The third kappa shape index (κ3) is 4.46. The second kappa shape index (κ2) is 5.21.